The van der Waals surface area contributed by atoms with Crippen LogP contribution in [0.1, 0.15) is 11.3 Å². The van der Waals surface area contributed by atoms with Gasteiger partial charge in [0, 0.05) is 11.5 Å². The van der Waals surface area contributed by atoms with E-state index in [1.165, 1.54) is 4.68 Å². The molecule has 0 bridgehead atoms. The summed E-state index contributed by atoms with van der Waals surface area (Å²) in [6.45, 7) is 1.22. The molecule has 8 nitrogen and oxygen atoms in total. The van der Waals surface area contributed by atoms with Gasteiger partial charge < -0.3 is 5.32 Å². The Morgan fingerprint density at radius 1 is 1.06 bits per heavy atom. The first-order valence-corrected chi connectivity index (χ1v) is 11.5. The van der Waals surface area contributed by atoms with Gasteiger partial charge >= 0.3 is 0 Å². The second-order valence-corrected chi connectivity index (χ2v) is 9.21. The molecule has 1 aliphatic heterocycles. The number of carbonyl (C=O) groups is 3. The fraction of sp³-hybridized carbons (Fsp3) is 0.130. The summed E-state index contributed by atoms with van der Waals surface area (Å²) in [6.07, 6.45) is 1.61. The second-order valence-electron chi connectivity index (χ2n) is 7.30. The van der Waals surface area contributed by atoms with E-state index in [0.29, 0.717) is 11.4 Å². The summed E-state index contributed by atoms with van der Waals surface area (Å²) in [5, 5.41) is 2.04. The highest BCUT2D eigenvalue weighted by Gasteiger charge is 2.36. The Bertz CT molecular complexity index is 1340. The minimum atomic E-state index is -0.631. The highest BCUT2D eigenvalue weighted by atomic mass is 79.9. The van der Waals surface area contributed by atoms with Gasteiger partial charge in [0.1, 0.15) is 12.2 Å². The normalized spacial score (nSPS) is 14.9. The van der Waals surface area contributed by atoms with E-state index in [2.05, 4.69) is 21.2 Å². The molecule has 1 N–H and O–H groups in total. The van der Waals surface area contributed by atoms with Crippen LogP contribution < -0.4 is 10.9 Å². The van der Waals surface area contributed by atoms with E-state index in [1.807, 2.05) is 30.3 Å². The molecular weight excluding hydrogens is 508 g/mol. The zero-order chi connectivity index (χ0) is 23.7. The van der Waals surface area contributed by atoms with Crippen LogP contribution in [0.3, 0.4) is 0 Å². The molecule has 3 aromatic rings. The molecule has 0 unspecified atom stereocenters. The summed E-state index contributed by atoms with van der Waals surface area (Å²) in [5.41, 5.74) is 1.65. The Hall–Kier alpha value is -3.37. The molecule has 3 amide bonds. The fourth-order valence-electron chi connectivity index (χ4n) is 3.38. The summed E-state index contributed by atoms with van der Waals surface area (Å²) in [4.78, 5) is 51.8. The lowest BCUT2D eigenvalue weighted by atomic mass is 10.2. The van der Waals surface area contributed by atoms with Crippen LogP contribution >= 0.6 is 27.7 Å². The van der Waals surface area contributed by atoms with E-state index in [1.54, 1.807) is 49.0 Å². The number of halogens is 1. The highest BCUT2D eigenvalue weighted by Crippen LogP contribution is 2.32. The van der Waals surface area contributed by atoms with Crippen molar-refractivity contribution >= 4 is 56.5 Å². The van der Waals surface area contributed by atoms with Gasteiger partial charge in [0.05, 0.1) is 16.3 Å². The number of thioether (sulfide) groups is 1. The van der Waals surface area contributed by atoms with E-state index < -0.39 is 29.2 Å². The number of benzene rings is 2. The van der Waals surface area contributed by atoms with Gasteiger partial charge in [-0.3, -0.25) is 28.8 Å². The fourth-order valence-corrected chi connectivity index (χ4v) is 4.48. The molecule has 1 fully saturated rings. The largest absolute Gasteiger partial charge is 0.318 e. The molecule has 2 aromatic carbocycles. The van der Waals surface area contributed by atoms with Gasteiger partial charge in [0.15, 0.2) is 0 Å². The van der Waals surface area contributed by atoms with E-state index in [-0.39, 0.29) is 10.6 Å². The maximum absolute atomic E-state index is 13.0. The van der Waals surface area contributed by atoms with Gasteiger partial charge in [-0.2, -0.15) is 0 Å². The number of rotatable bonds is 5. The van der Waals surface area contributed by atoms with Crippen molar-refractivity contribution in [3.05, 3.63) is 85.6 Å². The number of nitrogens with one attached hydrogen (secondary N) is 1. The van der Waals surface area contributed by atoms with Crippen molar-refractivity contribution in [3.63, 3.8) is 0 Å². The molecule has 168 valence electrons. The minimum Gasteiger partial charge on any atom is -0.318 e. The molecule has 0 spiro atoms. The Labute approximate surface area is 202 Å². The van der Waals surface area contributed by atoms with Crippen LogP contribution in [0.15, 0.2) is 68.8 Å². The van der Waals surface area contributed by atoms with Crippen LogP contribution in [0.25, 0.3) is 11.8 Å². The summed E-state index contributed by atoms with van der Waals surface area (Å²) >= 11 is 4.12. The lowest BCUT2D eigenvalue weighted by molar-refractivity contribution is -0.127. The van der Waals surface area contributed by atoms with Crippen LogP contribution in [-0.2, 0) is 16.6 Å². The topological polar surface area (TPSA) is 93.4 Å². The Morgan fingerprint density at radius 3 is 2.39 bits per heavy atom. The molecule has 1 aromatic heterocycles. The van der Waals surface area contributed by atoms with Crippen molar-refractivity contribution in [1.82, 2.24) is 14.3 Å². The SMILES string of the molecule is Cc1c(NC(=O)CN2C(=O)SC(=Cc3ccc(Br)cc3)C2=O)c(=O)n(-c2ccccc2)n1C. The minimum absolute atomic E-state index is 0.101. The zero-order valence-corrected chi connectivity index (χ0v) is 20.1. The van der Waals surface area contributed by atoms with Gasteiger partial charge in [-0.05, 0) is 54.6 Å². The van der Waals surface area contributed by atoms with Crippen molar-refractivity contribution in [3.8, 4) is 5.69 Å². The molecule has 2 heterocycles. The Balaban J connectivity index is 1.52. The third-order valence-corrected chi connectivity index (χ3v) is 6.60. The second kappa shape index (κ2) is 9.24. The first-order chi connectivity index (χ1) is 15.8. The van der Waals surface area contributed by atoms with E-state index in [9.17, 15) is 19.2 Å². The van der Waals surface area contributed by atoms with Crippen LogP contribution in [0, 0.1) is 6.92 Å². The van der Waals surface area contributed by atoms with Gasteiger partial charge in [-0.15, -0.1) is 0 Å². The number of hydrogen-bond acceptors (Lipinski definition) is 5. The molecule has 10 heteroatoms. The number of carbonyl (C=O) groups excluding carboxylic acids is 3. The number of para-hydroxylation sites is 1. The van der Waals surface area contributed by atoms with Crippen LogP contribution in [-0.4, -0.2) is 37.9 Å². The molecular formula is C23H19BrN4O4S. The van der Waals surface area contributed by atoms with Gasteiger partial charge in [0.2, 0.25) is 5.91 Å². The maximum atomic E-state index is 13.0. The van der Waals surface area contributed by atoms with E-state index in [0.717, 1.165) is 26.7 Å². The number of anilines is 1. The van der Waals surface area contributed by atoms with Crippen LogP contribution in [0.2, 0.25) is 0 Å². The van der Waals surface area contributed by atoms with Gasteiger partial charge in [0.25, 0.3) is 16.7 Å². The van der Waals surface area contributed by atoms with Crippen LogP contribution in [0.5, 0.6) is 0 Å². The van der Waals surface area contributed by atoms with Crippen molar-refractivity contribution < 1.29 is 14.4 Å². The Morgan fingerprint density at radius 2 is 1.73 bits per heavy atom. The molecule has 0 radical (unpaired) electrons. The smallest absolute Gasteiger partial charge is 0.295 e. The summed E-state index contributed by atoms with van der Waals surface area (Å²) in [6, 6.07) is 16.3. The van der Waals surface area contributed by atoms with Crippen LogP contribution in [0.4, 0.5) is 10.5 Å². The van der Waals surface area contributed by atoms with Crippen molar-refractivity contribution in [2.75, 3.05) is 11.9 Å². The van der Waals surface area contributed by atoms with Crippen molar-refractivity contribution in [2.24, 2.45) is 7.05 Å². The predicted octanol–water partition coefficient (Wildman–Crippen LogP) is 3.92. The zero-order valence-electron chi connectivity index (χ0n) is 17.7. The number of imide groups is 1. The number of hydrogen-bond donors (Lipinski definition) is 1. The molecule has 1 aliphatic rings. The monoisotopic (exact) mass is 526 g/mol. The van der Waals surface area contributed by atoms with Gasteiger partial charge in [-0.25, -0.2) is 4.68 Å². The van der Waals surface area contributed by atoms with E-state index in [4.69, 9.17) is 0 Å². The summed E-state index contributed by atoms with van der Waals surface area (Å²) in [7, 11) is 1.71. The average Bonchev–Trinajstić information content (AvgIpc) is 3.17. The molecule has 0 saturated carbocycles. The third kappa shape index (κ3) is 4.57. The molecule has 4 rings (SSSR count). The highest BCUT2D eigenvalue weighted by molar-refractivity contribution is 9.10. The molecule has 33 heavy (non-hydrogen) atoms. The third-order valence-electron chi connectivity index (χ3n) is 5.16. The summed E-state index contributed by atoms with van der Waals surface area (Å²) in [5.74, 6) is -1.18. The van der Waals surface area contributed by atoms with Crippen molar-refractivity contribution in [1.29, 1.82) is 0 Å². The Kier molecular flexibility index (Phi) is 6.39. The number of aromatic nitrogens is 2. The number of amides is 3. The molecule has 1 saturated heterocycles. The lowest BCUT2D eigenvalue weighted by Crippen LogP contribution is -2.37. The predicted molar refractivity (Wildman–Crippen MR) is 131 cm³/mol. The quantitative estimate of drug-likeness (QED) is 0.508. The first-order valence-electron chi connectivity index (χ1n) is 9.91. The standard InChI is InChI=1S/C23H19BrN4O4S/c1-14-20(22(31)28(26(14)2)17-6-4-3-5-7-17)25-19(29)13-27-21(30)18(33-23(27)32)12-15-8-10-16(24)11-9-15/h3-12H,13H2,1-2H3,(H,25,29). The maximum Gasteiger partial charge on any atom is 0.295 e. The summed E-state index contributed by atoms with van der Waals surface area (Å²) < 4.78 is 3.97. The average molecular weight is 527 g/mol. The number of nitrogens with zero attached hydrogens (tertiary/aromatic N) is 3. The van der Waals surface area contributed by atoms with Crippen molar-refractivity contribution in [2.45, 2.75) is 6.92 Å². The molecule has 0 atom stereocenters. The van der Waals surface area contributed by atoms with Gasteiger partial charge in [-0.1, -0.05) is 46.3 Å². The first kappa shape index (κ1) is 22.8. The molecule has 0 aliphatic carbocycles. The lowest BCUT2D eigenvalue weighted by Gasteiger charge is -2.11. The van der Waals surface area contributed by atoms with E-state index >= 15 is 0 Å².